The Morgan fingerprint density at radius 3 is 2.08 bits per heavy atom. The van der Waals surface area contributed by atoms with Crippen LogP contribution in [0, 0.1) is 0 Å². The van der Waals surface area contributed by atoms with Gasteiger partial charge in [0.1, 0.15) is 0 Å². The summed E-state index contributed by atoms with van der Waals surface area (Å²) >= 11 is 21.0. The normalized spacial score (nSPS) is 10.2. The first-order valence-electron chi connectivity index (χ1n) is 3.36. The van der Waals surface area contributed by atoms with Gasteiger partial charge in [-0.05, 0) is 17.7 Å². The van der Waals surface area contributed by atoms with Crippen LogP contribution in [-0.2, 0) is 11.2 Å². The van der Waals surface area contributed by atoms with Crippen molar-refractivity contribution in [1.29, 1.82) is 0 Å². The van der Waals surface area contributed by atoms with Crippen molar-refractivity contribution < 1.29 is 4.79 Å². The summed E-state index contributed by atoms with van der Waals surface area (Å²) in [5.41, 5.74) is 0.563. The van der Waals surface area contributed by atoms with E-state index in [1.165, 1.54) is 0 Å². The third kappa shape index (κ3) is 3.06. The molecule has 0 atom stereocenters. The van der Waals surface area contributed by atoms with Gasteiger partial charge >= 0.3 is 0 Å². The van der Waals surface area contributed by atoms with E-state index in [1.807, 2.05) is 0 Å². The Morgan fingerprint density at radius 1 is 1.23 bits per heavy atom. The average molecular weight is 256 g/mol. The quantitative estimate of drug-likeness (QED) is 0.799. The first kappa shape index (κ1) is 11.2. The van der Waals surface area contributed by atoms with Gasteiger partial charge < -0.3 is 0 Å². The van der Waals surface area contributed by atoms with Gasteiger partial charge in [0, 0.05) is 21.5 Å². The Hall–Kier alpha value is 0.110. The van der Waals surface area contributed by atoms with Crippen LogP contribution in [0.25, 0.3) is 0 Å². The van der Waals surface area contributed by atoms with Gasteiger partial charge in [-0.2, -0.15) is 0 Å². The van der Waals surface area contributed by atoms with E-state index in [2.05, 4.69) is 12.6 Å². The molecule has 0 aliphatic carbocycles. The van der Waals surface area contributed by atoms with E-state index >= 15 is 0 Å². The van der Waals surface area contributed by atoms with Crippen molar-refractivity contribution in [1.82, 2.24) is 0 Å². The fourth-order valence-electron chi connectivity index (χ4n) is 0.892. The molecule has 1 aromatic rings. The molecule has 0 unspecified atom stereocenters. The SMILES string of the molecule is O=C(S)Cc1c(Cl)cc(Cl)cc1Cl. The highest BCUT2D eigenvalue weighted by atomic mass is 35.5. The van der Waals surface area contributed by atoms with Gasteiger partial charge in [-0.1, -0.05) is 34.8 Å². The van der Waals surface area contributed by atoms with Crippen LogP contribution in [0.1, 0.15) is 5.56 Å². The maximum atomic E-state index is 10.7. The largest absolute Gasteiger partial charge is 0.287 e. The van der Waals surface area contributed by atoms with E-state index in [-0.39, 0.29) is 11.5 Å². The van der Waals surface area contributed by atoms with Gasteiger partial charge in [-0.15, -0.1) is 12.6 Å². The van der Waals surface area contributed by atoms with Crippen molar-refractivity contribution in [2.45, 2.75) is 6.42 Å². The second kappa shape index (κ2) is 4.56. The molecule has 0 radical (unpaired) electrons. The molecule has 0 N–H and O–H groups in total. The summed E-state index contributed by atoms with van der Waals surface area (Å²) in [4.78, 5) is 10.7. The number of thiol groups is 1. The van der Waals surface area contributed by atoms with Crippen molar-refractivity contribution in [2.75, 3.05) is 0 Å². The molecule has 0 spiro atoms. The van der Waals surface area contributed by atoms with Crippen LogP contribution in [0.3, 0.4) is 0 Å². The highest BCUT2D eigenvalue weighted by Crippen LogP contribution is 2.29. The van der Waals surface area contributed by atoms with Gasteiger partial charge in [0.25, 0.3) is 0 Å². The Bertz CT molecular complexity index is 328. The molecule has 5 heteroatoms. The number of hydrogen-bond donors (Lipinski definition) is 1. The molecule has 0 bridgehead atoms. The summed E-state index contributed by atoms with van der Waals surface area (Å²) in [6.07, 6.45) is 0.109. The average Bonchev–Trinajstić information content (AvgIpc) is 1.96. The fraction of sp³-hybridized carbons (Fsp3) is 0.125. The lowest BCUT2D eigenvalue weighted by Crippen LogP contribution is -1.95. The summed E-state index contributed by atoms with van der Waals surface area (Å²) < 4.78 is 0. The fourth-order valence-corrected chi connectivity index (χ4v) is 2.00. The van der Waals surface area contributed by atoms with Crippen LogP contribution in [0.5, 0.6) is 0 Å². The van der Waals surface area contributed by atoms with E-state index in [1.54, 1.807) is 12.1 Å². The Labute approximate surface area is 96.4 Å². The van der Waals surface area contributed by atoms with E-state index in [4.69, 9.17) is 34.8 Å². The molecule has 0 saturated heterocycles. The molecule has 70 valence electrons. The van der Waals surface area contributed by atoms with Crippen LogP contribution in [-0.4, -0.2) is 5.12 Å². The van der Waals surface area contributed by atoms with Crippen molar-refractivity contribution in [3.8, 4) is 0 Å². The molecule has 1 rings (SSSR count). The second-order valence-corrected chi connectivity index (χ2v) is 4.17. The molecule has 1 nitrogen and oxygen atoms in total. The zero-order valence-electron chi connectivity index (χ0n) is 6.35. The van der Waals surface area contributed by atoms with E-state index in [9.17, 15) is 4.79 Å². The highest BCUT2D eigenvalue weighted by molar-refractivity contribution is 7.96. The van der Waals surface area contributed by atoms with Gasteiger partial charge in [-0.3, -0.25) is 4.79 Å². The first-order chi connectivity index (χ1) is 6.00. The van der Waals surface area contributed by atoms with E-state index in [0.717, 1.165) is 0 Å². The Balaban J connectivity index is 3.13. The molecule has 0 aliphatic rings. The lowest BCUT2D eigenvalue weighted by molar-refractivity contribution is -0.110. The van der Waals surface area contributed by atoms with Gasteiger partial charge in [0.05, 0.1) is 0 Å². The number of hydrogen-bond acceptors (Lipinski definition) is 1. The third-order valence-electron chi connectivity index (χ3n) is 1.43. The molecular formula is C8H5Cl3OS. The van der Waals surface area contributed by atoms with Crippen molar-refractivity contribution in [2.24, 2.45) is 0 Å². The maximum absolute atomic E-state index is 10.7. The second-order valence-electron chi connectivity index (χ2n) is 2.42. The number of halogens is 3. The van der Waals surface area contributed by atoms with Crippen LogP contribution in [0.15, 0.2) is 12.1 Å². The number of rotatable bonds is 2. The zero-order chi connectivity index (χ0) is 10.0. The van der Waals surface area contributed by atoms with Crippen LogP contribution < -0.4 is 0 Å². The third-order valence-corrected chi connectivity index (χ3v) is 2.48. The lowest BCUT2D eigenvalue weighted by Gasteiger charge is -2.04. The molecule has 0 heterocycles. The predicted octanol–water partition coefficient (Wildman–Crippen LogP) is 3.65. The minimum absolute atomic E-state index is 0.109. The lowest BCUT2D eigenvalue weighted by atomic mass is 10.2. The number of carbonyl (C=O) groups is 1. The number of carbonyl (C=O) groups excluding carboxylic acids is 1. The molecule has 0 fully saturated rings. The summed E-state index contributed by atoms with van der Waals surface area (Å²) in [7, 11) is 0. The molecular weight excluding hydrogens is 251 g/mol. The minimum atomic E-state index is -0.286. The van der Waals surface area contributed by atoms with Gasteiger partial charge in [0.15, 0.2) is 5.12 Å². The van der Waals surface area contributed by atoms with Gasteiger partial charge in [0.2, 0.25) is 0 Å². The van der Waals surface area contributed by atoms with E-state index < -0.39 is 0 Å². The monoisotopic (exact) mass is 254 g/mol. The van der Waals surface area contributed by atoms with Crippen molar-refractivity contribution in [3.63, 3.8) is 0 Å². The summed E-state index contributed by atoms with van der Waals surface area (Å²) in [5.74, 6) is 0. The highest BCUT2D eigenvalue weighted by Gasteiger charge is 2.09. The summed E-state index contributed by atoms with van der Waals surface area (Å²) in [5, 5.41) is 0.941. The van der Waals surface area contributed by atoms with Crippen molar-refractivity contribution >= 4 is 52.5 Å². The van der Waals surface area contributed by atoms with Crippen LogP contribution in [0.2, 0.25) is 15.1 Å². The van der Waals surface area contributed by atoms with Crippen LogP contribution in [0.4, 0.5) is 0 Å². The standard InChI is InChI=1S/C8H5Cl3OS/c9-4-1-6(10)5(3-8(12)13)7(11)2-4/h1-2H,3H2,(H,12,13). The summed E-state index contributed by atoms with van der Waals surface area (Å²) in [6.45, 7) is 0. The Kier molecular flexibility index (Phi) is 3.92. The van der Waals surface area contributed by atoms with Gasteiger partial charge in [-0.25, -0.2) is 0 Å². The molecule has 0 aliphatic heterocycles. The van der Waals surface area contributed by atoms with E-state index in [0.29, 0.717) is 20.6 Å². The predicted molar refractivity (Wildman–Crippen MR) is 59.2 cm³/mol. The van der Waals surface area contributed by atoms with Crippen molar-refractivity contribution in [3.05, 3.63) is 32.8 Å². The molecule has 1 aromatic carbocycles. The smallest absolute Gasteiger partial charge is 0.190 e. The Morgan fingerprint density at radius 2 is 1.69 bits per heavy atom. The maximum Gasteiger partial charge on any atom is 0.190 e. The topological polar surface area (TPSA) is 17.1 Å². The molecule has 0 saturated carbocycles. The molecule has 13 heavy (non-hydrogen) atoms. The first-order valence-corrected chi connectivity index (χ1v) is 4.94. The summed E-state index contributed by atoms with van der Waals surface area (Å²) in [6, 6.07) is 3.09. The molecule has 0 amide bonds. The number of benzene rings is 1. The minimum Gasteiger partial charge on any atom is -0.287 e. The molecule has 0 aromatic heterocycles. The zero-order valence-corrected chi connectivity index (χ0v) is 9.51. The van der Waals surface area contributed by atoms with Crippen LogP contribution >= 0.6 is 47.4 Å².